The van der Waals surface area contributed by atoms with E-state index in [9.17, 15) is 18.0 Å². The molecule has 0 spiro atoms. The minimum absolute atomic E-state index is 0.0399. The fourth-order valence-electron chi connectivity index (χ4n) is 2.74. The fourth-order valence-corrected chi connectivity index (χ4v) is 4.00. The number of amides is 2. The molecule has 27 heavy (non-hydrogen) atoms. The molecule has 2 aromatic rings. The van der Waals surface area contributed by atoms with Crippen molar-refractivity contribution in [1.82, 2.24) is 0 Å². The third kappa shape index (κ3) is 4.28. The van der Waals surface area contributed by atoms with Gasteiger partial charge in [-0.15, -0.1) is 0 Å². The van der Waals surface area contributed by atoms with Crippen molar-refractivity contribution in [2.45, 2.75) is 18.2 Å². The van der Waals surface area contributed by atoms with Crippen LogP contribution in [0.15, 0.2) is 47.4 Å². The minimum Gasteiger partial charge on any atom is -0.482 e. The van der Waals surface area contributed by atoms with Gasteiger partial charge in [-0.2, -0.15) is 0 Å². The summed E-state index contributed by atoms with van der Waals surface area (Å²) >= 11 is 0. The van der Waals surface area contributed by atoms with Crippen molar-refractivity contribution in [2.24, 2.45) is 0 Å². The average Bonchev–Trinajstić information content (AvgIpc) is 2.65. The van der Waals surface area contributed by atoms with E-state index in [4.69, 9.17) is 4.74 Å². The summed E-state index contributed by atoms with van der Waals surface area (Å²) in [6, 6.07) is 11.7. The molecule has 7 nitrogen and oxygen atoms in total. The van der Waals surface area contributed by atoms with Crippen molar-refractivity contribution in [3.8, 4) is 5.75 Å². The SMILES string of the molecule is Cc1cccc(N(C)C(=O)CCS(=O)(=O)c2ccc3c(c2)NC(=O)CO3)c1. The van der Waals surface area contributed by atoms with E-state index in [2.05, 4.69) is 5.32 Å². The molecule has 0 aromatic heterocycles. The van der Waals surface area contributed by atoms with Crippen LogP contribution in [0, 0.1) is 6.92 Å². The van der Waals surface area contributed by atoms with Crippen molar-refractivity contribution in [1.29, 1.82) is 0 Å². The molecule has 1 aliphatic heterocycles. The fraction of sp³-hybridized carbons (Fsp3) is 0.263. The van der Waals surface area contributed by atoms with Crippen LogP contribution in [0.5, 0.6) is 5.75 Å². The van der Waals surface area contributed by atoms with E-state index >= 15 is 0 Å². The second kappa shape index (κ2) is 7.40. The quantitative estimate of drug-likeness (QED) is 0.847. The zero-order valence-electron chi connectivity index (χ0n) is 15.1. The Morgan fingerprint density at radius 3 is 2.74 bits per heavy atom. The van der Waals surface area contributed by atoms with Crippen molar-refractivity contribution in [3.63, 3.8) is 0 Å². The summed E-state index contributed by atoms with van der Waals surface area (Å²) < 4.78 is 30.4. The first-order valence-corrected chi connectivity index (χ1v) is 10.0. The first-order valence-electron chi connectivity index (χ1n) is 8.39. The first-order chi connectivity index (χ1) is 12.8. The van der Waals surface area contributed by atoms with E-state index < -0.39 is 9.84 Å². The molecule has 0 radical (unpaired) electrons. The average molecular weight is 388 g/mol. The molecule has 2 aromatic carbocycles. The maximum absolute atomic E-state index is 12.6. The molecule has 8 heteroatoms. The van der Waals surface area contributed by atoms with Gasteiger partial charge in [0.1, 0.15) is 5.75 Å². The molecule has 2 amide bonds. The zero-order valence-corrected chi connectivity index (χ0v) is 15.9. The minimum atomic E-state index is -3.68. The number of ether oxygens (including phenoxy) is 1. The van der Waals surface area contributed by atoms with Gasteiger partial charge in [0, 0.05) is 19.2 Å². The lowest BCUT2D eigenvalue weighted by Crippen LogP contribution is -2.28. The maximum Gasteiger partial charge on any atom is 0.262 e. The van der Waals surface area contributed by atoms with E-state index in [1.54, 1.807) is 13.1 Å². The van der Waals surface area contributed by atoms with Gasteiger partial charge in [0.2, 0.25) is 5.91 Å². The third-order valence-electron chi connectivity index (χ3n) is 4.29. The molecule has 0 atom stereocenters. The lowest BCUT2D eigenvalue weighted by molar-refractivity contribution is -0.119. The highest BCUT2D eigenvalue weighted by Crippen LogP contribution is 2.30. The van der Waals surface area contributed by atoms with E-state index in [0.717, 1.165) is 5.56 Å². The standard InChI is InChI=1S/C19H20N2O5S/c1-13-4-3-5-14(10-13)21(2)19(23)8-9-27(24,25)15-6-7-17-16(11-15)20-18(22)12-26-17/h3-7,10-11H,8-9,12H2,1-2H3,(H,20,22). The van der Waals surface area contributed by atoms with Crippen LogP contribution in [-0.2, 0) is 19.4 Å². The second-order valence-corrected chi connectivity index (χ2v) is 8.46. The molecule has 1 aliphatic rings. The molecule has 1 N–H and O–H groups in total. The summed E-state index contributed by atoms with van der Waals surface area (Å²) in [6.45, 7) is 1.82. The molecule has 0 fully saturated rings. The van der Waals surface area contributed by atoms with Crippen LogP contribution in [0.1, 0.15) is 12.0 Å². The lowest BCUT2D eigenvalue weighted by Gasteiger charge is -2.19. The molecule has 0 aliphatic carbocycles. The van der Waals surface area contributed by atoms with Crippen molar-refractivity contribution >= 4 is 33.0 Å². The highest BCUT2D eigenvalue weighted by atomic mass is 32.2. The molecule has 0 bridgehead atoms. The van der Waals surface area contributed by atoms with Crippen LogP contribution < -0.4 is 15.0 Å². The van der Waals surface area contributed by atoms with Crippen LogP contribution >= 0.6 is 0 Å². The number of nitrogens with one attached hydrogen (secondary N) is 1. The first kappa shape index (κ1) is 18.9. The van der Waals surface area contributed by atoms with Gasteiger partial charge in [-0.05, 0) is 42.8 Å². The zero-order chi connectivity index (χ0) is 19.6. The second-order valence-electron chi connectivity index (χ2n) is 6.36. The van der Waals surface area contributed by atoms with Crippen LogP contribution in [0.25, 0.3) is 0 Å². The number of rotatable bonds is 5. The number of fused-ring (bicyclic) bond motifs is 1. The monoisotopic (exact) mass is 388 g/mol. The maximum atomic E-state index is 12.6. The smallest absolute Gasteiger partial charge is 0.262 e. The normalized spacial score (nSPS) is 13.3. The van der Waals surface area contributed by atoms with Gasteiger partial charge in [-0.3, -0.25) is 9.59 Å². The van der Waals surface area contributed by atoms with Gasteiger partial charge in [0.15, 0.2) is 16.4 Å². The lowest BCUT2D eigenvalue weighted by atomic mass is 10.2. The van der Waals surface area contributed by atoms with E-state index in [1.807, 2.05) is 25.1 Å². The van der Waals surface area contributed by atoms with Gasteiger partial charge in [-0.1, -0.05) is 12.1 Å². The van der Waals surface area contributed by atoms with Crippen LogP contribution in [0.2, 0.25) is 0 Å². The predicted molar refractivity (Wildman–Crippen MR) is 102 cm³/mol. The Kier molecular flexibility index (Phi) is 5.18. The molecule has 3 rings (SSSR count). The Hall–Kier alpha value is -2.87. The van der Waals surface area contributed by atoms with Crippen LogP contribution in [-0.4, -0.2) is 39.6 Å². The van der Waals surface area contributed by atoms with E-state index in [-0.39, 0.29) is 35.5 Å². The number of nitrogens with zero attached hydrogens (tertiary/aromatic N) is 1. The number of benzene rings is 2. The summed E-state index contributed by atoms with van der Waals surface area (Å²) in [5.41, 5.74) is 2.04. The highest BCUT2D eigenvalue weighted by molar-refractivity contribution is 7.91. The summed E-state index contributed by atoms with van der Waals surface area (Å²) in [5, 5.41) is 2.58. The summed E-state index contributed by atoms with van der Waals surface area (Å²) in [4.78, 5) is 25.3. The summed E-state index contributed by atoms with van der Waals surface area (Å²) in [6.07, 6.45) is -0.146. The molecule has 0 unspecified atom stereocenters. The van der Waals surface area contributed by atoms with Crippen LogP contribution in [0.3, 0.4) is 0 Å². The largest absolute Gasteiger partial charge is 0.482 e. The summed E-state index contributed by atoms with van der Waals surface area (Å²) in [5.74, 6) is -0.537. The Labute approximate surface area is 157 Å². The number of hydrogen-bond acceptors (Lipinski definition) is 5. The molecule has 1 heterocycles. The molecular weight excluding hydrogens is 368 g/mol. The third-order valence-corrected chi connectivity index (χ3v) is 6.00. The number of anilines is 2. The van der Waals surface area contributed by atoms with Crippen molar-refractivity contribution in [3.05, 3.63) is 48.0 Å². The topological polar surface area (TPSA) is 92.8 Å². The van der Waals surface area contributed by atoms with E-state index in [1.165, 1.54) is 23.1 Å². The van der Waals surface area contributed by atoms with Gasteiger partial charge in [-0.25, -0.2) is 8.42 Å². The summed E-state index contributed by atoms with van der Waals surface area (Å²) in [7, 11) is -2.06. The Morgan fingerprint density at radius 2 is 2.00 bits per heavy atom. The number of sulfone groups is 1. The Bertz CT molecular complexity index is 1000. The molecule has 0 saturated carbocycles. The van der Waals surface area contributed by atoms with Crippen molar-refractivity contribution in [2.75, 3.05) is 29.6 Å². The predicted octanol–water partition coefficient (Wildman–Crippen LogP) is 2.15. The molecule has 142 valence electrons. The molecule has 0 saturated heterocycles. The highest BCUT2D eigenvalue weighted by Gasteiger charge is 2.22. The van der Waals surface area contributed by atoms with Gasteiger partial charge in [0.05, 0.1) is 16.3 Å². The van der Waals surface area contributed by atoms with E-state index in [0.29, 0.717) is 17.1 Å². The number of carbonyl (C=O) groups excluding carboxylic acids is 2. The van der Waals surface area contributed by atoms with Gasteiger partial charge >= 0.3 is 0 Å². The van der Waals surface area contributed by atoms with Crippen LogP contribution in [0.4, 0.5) is 11.4 Å². The van der Waals surface area contributed by atoms with Gasteiger partial charge < -0.3 is 15.0 Å². The number of carbonyl (C=O) groups is 2. The number of hydrogen-bond donors (Lipinski definition) is 1. The Morgan fingerprint density at radius 1 is 1.22 bits per heavy atom. The van der Waals surface area contributed by atoms with Crippen molar-refractivity contribution < 1.29 is 22.7 Å². The molecular formula is C19H20N2O5S. The Balaban J connectivity index is 1.70. The van der Waals surface area contributed by atoms with Gasteiger partial charge in [0.25, 0.3) is 5.91 Å². The number of aryl methyl sites for hydroxylation is 1.